The number of fused-ring (bicyclic) bond motifs is 1. The molecule has 3 aromatic rings. The summed E-state index contributed by atoms with van der Waals surface area (Å²) < 4.78 is 6.29. The lowest BCUT2D eigenvalue weighted by Gasteiger charge is -2.29. The van der Waals surface area contributed by atoms with Crippen molar-refractivity contribution >= 4 is 10.8 Å². The van der Waals surface area contributed by atoms with Gasteiger partial charge < -0.3 is 15.2 Å². The van der Waals surface area contributed by atoms with E-state index in [1.807, 2.05) is 0 Å². The Bertz CT molecular complexity index is 1050. The zero-order valence-corrected chi connectivity index (χ0v) is 19.9. The summed E-state index contributed by atoms with van der Waals surface area (Å²) in [6.07, 6.45) is 2.89. The van der Waals surface area contributed by atoms with Crippen molar-refractivity contribution in [2.45, 2.75) is 64.7 Å². The monoisotopic (exact) mass is 431 g/mol. The van der Waals surface area contributed by atoms with Gasteiger partial charge in [0.1, 0.15) is 0 Å². The number of ether oxygens (including phenoxy) is 1. The van der Waals surface area contributed by atoms with E-state index >= 15 is 0 Å². The number of hydrogen-bond donors (Lipinski definition) is 2. The highest BCUT2D eigenvalue weighted by Gasteiger charge is 2.34. The lowest BCUT2D eigenvalue weighted by Crippen LogP contribution is -2.46. The molecule has 4 rings (SSSR count). The van der Waals surface area contributed by atoms with E-state index in [2.05, 4.69) is 93.7 Å². The molecule has 2 unspecified atom stereocenters. The van der Waals surface area contributed by atoms with Crippen molar-refractivity contribution in [3.63, 3.8) is 0 Å². The highest BCUT2D eigenvalue weighted by atomic mass is 16.5. The second-order valence-electron chi connectivity index (χ2n) is 10.2. The lowest BCUT2D eigenvalue weighted by molar-refractivity contribution is -0.0214. The first kappa shape index (κ1) is 23.0. The fraction of sp³-hybridized carbons (Fsp3) is 0.448. The van der Waals surface area contributed by atoms with Crippen LogP contribution in [0.1, 0.15) is 55.0 Å². The molecular weight excluding hydrogens is 394 g/mol. The van der Waals surface area contributed by atoms with E-state index < -0.39 is 6.10 Å². The molecule has 2 atom stereocenters. The van der Waals surface area contributed by atoms with Crippen LogP contribution in [0.25, 0.3) is 10.8 Å². The number of benzene rings is 3. The van der Waals surface area contributed by atoms with Crippen LogP contribution in [0, 0.1) is 19.8 Å². The van der Waals surface area contributed by atoms with Crippen LogP contribution in [0.15, 0.2) is 60.7 Å². The van der Waals surface area contributed by atoms with Crippen molar-refractivity contribution in [1.29, 1.82) is 0 Å². The van der Waals surface area contributed by atoms with Crippen LogP contribution in [0.3, 0.4) is 0 Å². The average Bonchev–Trinajstić information content (AvgIpc) is 3.60. The second kappa shape index (κ2) is 9.74. The first-order chi connectivity index (χ1) is 15.3. The number of nitrogens with one attached hydrogen (secondary N) is 1. The molecule has 170 valence electrons. The van der Waals surface area contributed by atoms with Gasteiger partial charge in [-0.25, -0.2) is 0 Å². The Hall–Kier alpha value is -2.20. The van der Waals surface area contributed by atoms with Crippen LogP contribution in [0.2, 0.25) is 0 Å². The van der Waals surface area contributed by atoms with Crippen LogP contribution in [0.5, 0.6) is 0 Å². The summed E-state index contributed by atoms with van der Waals surface area (Å²) in [5.41, 5.74) is 5.08. The summed E-state index contributed by atoms with van der Waals surface area (Å²) in [4.78, 5) is 0. The van der Waals surface area contributed by atoms with Crippen LogP contribution in [-0.4, -0.2) is 29.9 Å². The van der Waals surface area contributed by atoms with Gasteiger partial charge in [0.15, 0.2) is 0 Å². The Labute approximate surface area is 192 Å². The molecule has 0 heterocycles. The normalized spacial score (nSPS) is 16.3. The van der Waals surface area contributed by atoms with Crippen molar-refractivity contribution in [2.24, 2.45) is 5.92 Å². The number of aliphatic hydroxyl groups excluding tert-OH is 1. The molecule has 1 saturated carbocycles. The highest BCUT2D eigenvalue weighted by molar-refractivity contribution is 5.83. The molecule has 32 heavy (non-hydrogen) atoms. The predicted molar refractivity (Wildman–Crippen MR) is 133 cm³/mol. The molecule has 3 aromatic carbocycles. The quantitative estimate of drug-likeness (QED) is 0.420. The van der Waals surface area contributed by atoms with Crippen molar-refractivity contribution in [3.8, 4) is 0 Å². The highest BCUT2D eigenvalue weighted by Crippen LogP contribution is 2.44. The Morgan fingerprint density at radius 2 is 1.75 bits per heavy atom. The van der Waals surface area contributed by atoms with Crippen molar-refractivity contribution in [1.82, 2.24) is 5.32 Å². The zero-order valence-electron chi connectivity index (χ0n) is 19.9. The molecule has 0 radical (unpaired) electrons. The van der Waals surface area contributed by atoms with Crippen LogP contribution in [0.4, 0.5) is 0 Å². The van der Waals surface area contributed by atoms with Gasteiger partial charge >= 0.3 is 0 Å². The first-order valence-electron chi connectivity index (χ1n) is 11.9. The van der Waals surface area contributed by atoms with Gasteiger partial charge in [0.25, 0.3) is 0 Å². The smallest absolute Gasteiger partial charge is 0.0898 e. The Balaban J connectivity index is 1.31. The summed E-state index contributed by atoms with van der Waals surface area (Å²) in [6, 6.07) is 21.6. The van der Waals surface area contributed by atoms with Crippen molar-refractivity contribution < 1.29 is 9.84 Å². The minimum Gasteiger partial charge on any atom is -0.389 e. The minimum atomic E-state index is -0.530. The van der Waals surface area contributed by atoms with Gasteiger partial charge in [-0.3, -0.25) is 0 Å². The summed E-state index contributed by atoms with van der Waals surface area (Å²) >= 11 is 0. The van der Waals surface area contributed by atoms with E-state index in [9.17, 15) is 5.11 Å². The molecule has 0 aliphatic heterocycles. The summed E-state index contributed by atoms with van der Waals surface area (Å²) in [7, 11) is 0. The van der Waals surface area contributed by atoms with Gasteiger partial charge in [-0.2, -0.15) is 0 Å². The maximum Gasteiger partial charge on any atom is 0.0898 e. The van der Waals surface area contributed by atoms with Crippen molar-refractivity contribution in [3.05, 3.63) is 82.9 Å². The summed E-state index contributed by atoms with van der Waals surface area (Å²) in [5, 5.41) is 16.7. The molecule has 0 spiro atoms. The number of β-amino-alcohol motifs (C(OH)–C–C–N with tert-alkyl or cyclic N) is 1. The van der Waals surface area contributed by atoms with Crippen LogP contribution in [-0.2, 0) is 11.2 Å². The maximum absolute atomic E-state index is 10.7. The van der Waals surface area contributed by atoms with Gasteiger partial charge in [-0.05, 0) is 85.9 Å². The Kier molecular flexibility index (Phi) is 6.99. The van der Waals surface area contributed by atoms with Gasteiger partial charge in [-0.15, -0.1) is 0 Å². The van der Waals surface area contributed by atoms with Gasteiger partial charge in [0.05, 0.1) is 18.8 Å². The van der Waals surface area contributed by atoms with E-state index in [1.165, 1.54) is 45.9 Å². The molecule has 3 heteroatoms. The average molecular weight is 432 g/mol. The third kappa shape index (κ3) is 5.78. The molecule has 0 bridgehead atoms. The van der Waals surface area contributed by atoms with Crippen molar-refractivity contribution in [2.75, 3.05) is 13.2 Å². The Morgan fingerprint density at radius 1 is 1.00 bits per heavy atom. The molecule has 0 aromatic heterocycles. The molecule has 1 aliphatic rings. The second-order valence-corrected chi connectivity index (χ2v) is 10.2. The molecule has 3 nitrogen and oxygen atoms in total. The minimum absolute atomic E-state index is 0.0927. The molecule has 1 aliphatic carbocycles. The molecule has 0 amide bonds. The number of aryl methyl sites for hydroxylation is 1. The fourth-order valence-corrected chi connectivity index (χ4v) is 4.55. The third-order valence-electron chi connectivity index (χ3n) is 6.75. The van der Waals surface area contributed by atoms with E-state index in [0.29, 0.717) is 19.1 Å². The molecule has 2 N–H and O–H groups in total. The van der Waals surface area contributed by atoms with E-state index in [-0.39, 0.29) is 11.6 Å². The Morgan fingerprint density at radius 3 is 2.50 bits per heavy atom. The topological polar surface area (TPSA) is 41.5 Å². The molecule has 0 saturated heterocycles. The predicted octanol–water partition coefficient (Wildman–Crippen LogP) is 5.90. The third-order valence-corrected chi connectivity index (χ3v) is 6.75. The number of rotatable bonds is 10. The zero-order chi connectivity index (χ0) is 22.7. The van der Waals surface area contributed by atoms with E-state index in [1.54, 1.807) is 0 Å². The van der Waals surface area contributed by atoms with Gasteiger partial charge in [-0.1, -0.05) is 60.7 Å². The van der Waals surface area contributed by atoms with E-state index in [0.717, 1.165) is 6.42 Å². The SMILES string of the molecule is Cc1cccc(C(OCC(O)CNC(C)(C)Cc2ccc3ccccc3c2)C2CC2)c1C. The standard InChI is InChI=1S/C29H37NO2/c1-20-8-7-11-27(21(20)2)28(24-14-15-24)32-19-26(31)18-30-29(3,4)17-22-12-13-23-9-5-6-10-25(23)16-22/h5-13,16,24,26,28,30-31H,14-15,17-19H2,1-4H3. The number of aliphatic hydroxyl groups is 1. The van der Waals surface area contributed by atoms with Crippen LogP contribution >= 0.6 is 0 Å². The van der Waals surface area contributed by atoms with E-state index in [4.69, 9.17) is 4.74 Å². The van der Waals surface area contributed by atoms with Gasteiger partial charge in [0.2, 0.25) is 0 Å². The summed E-state index contributed by atoms with van der Waals surface area (Å²) in [6.45, 7) is 9.59. The maximum atomic E-state index is 10.7. The first-order valence-corrected chi connectivity index (χ1v) is 11.9. The largest absolute Gasteiger partial charge is 0.389 e. The fourth-order valence-electron chi connectivity index (χ4n) is 4.55. The molecular formula is C29H37NO2. The number of hydrogen-bond acceptors (Lipinski definition) is 3. The van der Waals surface area contributed by atoms with Crippen LogP contribution < -0.4 is 5.32 Å². The van der Waals surface area contributed by atoms with Gasteiger partial charge in [0, 0.05) is 12.1 Å². The lowest BCUT2D eigenvalue weighted by atomic mass is 9.93. The summed E-state index contributed by atoms with van der Waals surface area (Å²) in [5.74, 6) is 0.583. The molecule has 1 fully saturated rings.